The molecule has 7 atom stereocenters. The first-order valence-electron chi connectivity index (χ1n) is 16.3. The van der Waals surface area contributed by atoms with Crippen molar-refractivity contribution in [1.29, 1.82) is 0 Å². The van der Waals surface area contributed by atoms with Crippen LogP contribution in [0.15, 0.2) is 71.8 Å². The van der Waals surface area contributed by atoms with E-state index in [-0.39, 0.29) is 23.9 Å². The number of aromatic nitrogens is 3. The van der Waals surface area contributed by atoms with Crippen LogP contribution in [-0.2, 0) is 42.0 Å². The fourth-order valence-electron chi connectivity index (χ4n) is 4.99. The maximum Gasteiger partial charge on any atom is 0.459 e. The van der Waals surface area contributed by atoms with E-state index in [1.165, 1.54) is 38.5 Å². The van der Waals surface area contributed by atoms with Gasteiger partial charge in [-0.15, -0.1) is 0 Å². The van der Waals surface area contributed by atoms with E-state index in [1.54, 1.807) is 64.1 Å². The number of hydrogen-bond donors (Lipinski definition) is 3. The lowest BCUT2D eigenvalue weighted by atomic mass is 10.1. The van der Waals surface area contributed by atoms with Crippen LogP contribution in [-0.4, -0.2) is 71.6 Å². The van der Waals surface area contributed by atoms with Crippen molar-refractivity contribution in [2.24, 2.45) is 11.8 Å². The second-order valence-electron chi connectivity index (χ2n) is 12.3. The molecule has 0 saturated carbocycles. The van der Waals surface area contributed by atoms with Gasteiger partial charge in [0.25, 0.3) is 0 Å². The lowest BCUT2D eigenvalue weighted by Gasteiger charge is -2.30. The molecule has 0 amide bonds. The number of carbonyl (C=O) groups is 2. The summed E-state index contributed by atoms with van der Waals surface area (Å²) in [6.07, 6.45) is -2.63. The van der Waals surface area contributed by atoms with Crippen LogP contribution in [0.1, 0.15) is 40.3 Å². The van der Waals surface area contributed by atoms with E-state index in [0.29, 0.717) is 0 Å². The Bertz CT molecular complexity index is 1800. The topological polar surface area (TPSA) is 231 Å². The van der Waals surface area contributed by atoms with Crippen molar-refractivity contribution in [3.8, 4) is 11.5 Å². The number of nitrogen functional groups attached to an aromatic ring is 1. The van der Waals surface area contributed by atoms with E-state index in [4.69, 9.17) is 38.0 Å². The number of nitrogens with zero attached hydrogens (tertiary/aromatic N) is 3. The van der Waals surface area contributed by atoms with Crippen molar-refractivity contribution in [3.05, 3.63) is 77.5 Å². The molecule has 4 N–H and O–H groups in total. The lowest BCUT2D eigenvalue weighted by molar-refractivity contribution is -0.144. The quantitative estimate of drug-likeness (QED) is 0.123. The third kappa shape index (κ3) is 10.9. The summed E-state index contributed by atoms with van der Waals surface area (Å²) in [6, 6.07) is 13.9. The molecule has 18 nitrogen and oxygen atoms in total. The summed E-state index contributed by atoms with van der Waals surface area (Å²) in [7, 11) is -6.58. The van der Waals surface area contributed by atoms with Crippen molar-refractivity contribution in [2.75, 3.05) is 26.6 Å². The van der Waals surface area contributed by atoms with Gasteiger partial charge in [0.15, 0.2) is 0 Å². The van der Waals surface area contributed by atoms with Crippen LogP contribution in [0.25, 0.3) is 0 Å². The minimum Gasteiger partial charge on any atom is -0.468 e. The molecule has 52 heavy (non-hydrogen) atoms. The van der Waals surface area contributed by atoms with Crippen LogP contribution in [0.3, 0.4) is 0 Å². The van der Waals surface area contributed by atoms with Gasteiger partial charge in [0.1, 0.15) is 48.3 Å². The molecule has 3 aromatic rings. The Morgan fingerprint density at radius 2 is 1.38 bits per heavy atom. The van der Waals surface area contributed by atoms with Gasteiger partial charge in [-0.25, -0.2) is 18.9 Å². The normalized spacial score (nSPS) is 20.7. The number of methoxy groups -OCH3 is 2. The average Bonchev–Trinajstić information content (AvgIpc) is 3.50. The van der Waals surface area contributed by atoms with Gasteiger partial charge in [0, 0.05) is 6.42 Å². The van der Waals surface area contributed by atoms with Crippen LogP contribution in [0.2, 0.25) is 0 Å². The zero-order valence-electron chi connectivity index (χ0n) is 29.5. The Hall–Kier alpha value is -4.15. The highest BCUT2D eigenvalue weighted by Gasteiger charge is 2.47. The largest absolute Gasteiger partial charge is 0.468 e. The fourth-order valence-corrected chi connectivity index (χ4v) is 8.53. The standard InChI is InChI=1S/C32H44N6O12P2/c1-20(2)27(29(39)44-5)36-51(42,48-22-13-9-7-10-14-22)46-18-25-24(17-26(47-25)38-19-34-31(33)35-32(38)41)50-52(43,49-23-15-11-8-12-16-23)37-28(21(3)4)30(40)45-6/h7-16,19-21,24-28H,17-18H2,1-6H3,(H,36,42)(H,37,43)(H2,33,35,41)/t24-,25+,26+,27-,28-,51?,52?/m0/s1. The van der Waals surface area contributed by atoms with Gasteiger partial charge in [-0.1, -0.05) is 64.1 Å². The average molecular weight is 767 g/mol. The Labute approximate surface area is 300 Å². The first-order valence-corrected chi connectivity index (χ1v) is 19.3. The summed E-state index contributed by atoms with van der Waals surface area (Å²) in [5.41, 5.74) is 4.79. The van der Waals surface area contributed by atoms with E-state index in [1.807, 2.05) is 0 Å². The summed E-state index contributed by atoms with van der Waals surface area (Å²) in [6.45, 7) is 6.26. The van der Waals surface area contributed by atoms with Crippen molar-refractivity contribution in [1.82, 2.24) is 24.7 Å². The lowest BCUT2D eigenvalue weighted by Crippen LogP contribution is -2.43. The predicted octanol–water partition coefficient (Wildman–Crippen LogP) is 3.86. The molecule has 1 aliphatic rings. The molecule has 1 aliphatic heterocycles. The molecule has 2 aromatic carbocycles. The monoisotopic (exact) mass is 766 g/mol. The molecular formula is C32H44N6O12P2. The van der Waals surface area contributed by atoms with Gasteiger partial charge in [-0.05, 0) is 36.1 Å². The van der Waals surface area contributed by atoms with Crippen LogP contribution in [0, 0.1) is 11.8 Å². The molecule has 1 aromatic heterocycles. The van der Waals surface area contributed by atoms with Gasteiger partial charge in [-0.2, -0.15) is 15.2 Å². The second-order valence-corrected chi connectivity index (χ2v) is 15.6. The molecule has 1 saturated heterocycles. The van der Waals surface area contributed by atoms with Gasteiger partial charge in [-0.3, -0.25) is 23.2 Å². The predicted molar refractivity (Wildman–Crippen MR) is 187 cm³/mol. The van der Waals surface area contributed by atoms with Crippen LogP contribution < -0.4 is 30.6 Å². The van der Waals surface area contributed by atoms with Gasteiger partial charge in [0.05, 0.1) is 20.8 Å². The summed E-state index contributed by atoms with van der Waals surface area (Å²) in [5, 5.41) is 5.37. The Morgan fingerprint density at radius 1 is 0.885 bits per heavy atom. The molecule has 2 heterocycles. The zero-order valence-corrected chi connectivity index (χ0v) is 31.3. The number of anilines is 1. The molecule has 2 unspecified atom stereocenters. The maximum atomic E-state index is 14.6. The summed E-state index contributed by atoms with van der Waals surface area (Å²) >= 11 is 0. The summed E-state index contributed by atoms with van der Waals surface area (Å²) in [4.78, 5) is 45.7. The molecule has 20 heteroatoms. The first kappa shape index (κ1) is 40.6. The van der Waals surface area contributed by atoms with Gasteiger partial charge < -0.3 is 29.0 Å². The number of benzene rings is 2. The van der Waals surface area contributed by atoms with E-state index >= 15 is 0 Å². The number of hydrogen-bond acceptors (Lipinski definition) is 15. The number of nitrogens with one attached hydrogen (secondary N) is 2. The minimum absolute atomic E-state index is 0.143. The number of para-hydroxylation sites is 2. The Balaban J connectivity index is 1.71. The van der Waals surface area contributed by atoms with Crippen molar-refractivity contribution < 1.29 is 51.0 Å². The number of ether oxygens (including phenoxy) is 3. The molecule has 284 valence electrons. The van der Waals surface area contributed by atoms with Crippen molar-refractivity contribution >= 4 is 33.4 Å². The SMILES string of the molecule is COC(=O)[C@@H](NP(=O)(OC[C@H]1O[C@@H](n2cnc(N)nc2=O)C[C@@H]1OP(=O)(N[C@H](C(=O)OC)C(C)C)Oc1ccccc1)Oc1ccccc1)C(C)C. The Morgan fingerprint density at radius 3 is 1.87 bits per heavy atom. The number of nitrogens with two attached hydrogens (primary N) is 1. The minimum atomic E-state index is -4.52. The van der Waals surface area contributed by atoms with Crippen molar-refractivity contribution in [2.45, 2.75) is 64.6 Å². The third-order valence-electron chi connectivity index (χ3n) is 7.69. The van der Waals surface area contributed by atoms with E-state index in [2.05, 4.69) is 20.1 Å². The highest BCUT2D eigenvalue weighted by Crippen LogP contribution is 2.51. The third-order valence-corrected chi connectivity index (χ3v) is 10.8. The van der Waals surface area contributed by atoms with Crippen molar-refractivity contribution in [3.63, 3.8) is 0 Å². The maximum absolute atomic E-state index is 14.6. The van der Waals surface area contributed by atoms with E-state index in [9.17, 15) is 23.5 Å². The first-order chi connectivity index (χ1) is 24.7. The van der Waals surface area contributed by atoms with E-state index < -0.39 is 82.1 Å². The summed E-state index contributed by atoms with van der Waals surface area (Å²) < 4.78 is 69.8. The van der Waals surface area contributed by atoms with Crippen LogP contribution >= 0.6 is 15.5 Å². The molecule has 0 aliphatic carbocycles. The van der Waals surface area contributed by atoms with Gasteiger partial charge in [0.2, 0.25) is 5.95 Å². The number of carbonyl (C=O) groups excluding carboxylic acids is 2. The molecule has 4 rings (SSSR count). The van der Waals surface area contributed by atoms with Crippen LogP contribution in [0.4, 0.5) is 5.95 Å². The Kier molecular flexibility index (Phi) is 14.1. The molecule has 0 radical (unpaired) electrons. The molecule has 0 bridgehead atoms. The highest BCUT2D eigenvalue weighted by atomic mass is 31.2. The number of rotatable bonds is 18. The molecule has 0 spiro atoms. The fraction of sp³-hybridized carbons (Fsp3) is 0.469. The van der Waals surface area contributed by atoms with Crippen LogP contribution in [0.5, 0.6) is 11.5 Å². The highest BCUT2D eigenvalue weighted by molar-refractivity contribution is 7.52. The zero-order chi connectivity index (χ0) is 38.1. The molecule has 1 fully saturated rings. The molecular weight excluding hydrogens is 722 g/mol. The smallest absolute Gasteiger partial charge is 0.459 e. The second kappa shape index (κ2) is 18.1. The van der Waals surface area contributed by atoms with E-state index in [0.717, 1.165) is 10.9 Å². The number of esters is 2. The van der Waals surface area contributed by atoms with Gasteiger partial charge >= 0.3 is 33.1 Å². The summed E-state index contributed by atoms with van der Waals surface area (Å²) in [5.74, 6) is -2.26.